The number of fused-ring (bicyclic) bond motifs is 1. The Balaban J connectivity index is 2.16. The van der Waals surface area contributed by atoms with E-state index in [4.69, 9.17) is 0 Å². The second kappa shape index (κ2) is 4.65. The van der Waals surface area contributed by atoms with Crippen LogP contribution in [0.2, 0.25) is 0 Å². The summed E-state index contributed by atoms with van der Waals surface area (Å²) in [6.07, 6.45) is 0. The molecule has 0 bridgehead atoms. The highest BCUT2D eigenvalue weighted by Crippen LogP contribution is 2.35. The molecule has 0 amide bonds. The van der Waals surface area contributed by atoms with Gasteiger partial charge in [-0.25, -0.2) is 0 Å². The number of benzene rings is 2. The first-order valence-corrected chi connectivity index (χ1v) is 6.15. The summed E-state index contributed by atoms with van der Waals surface area (Å²) in [6, 6.07) is 10.4. The van der Waals surface area contributed by atoms with Gasteiger partial charge in [0.05, 0.1) is 10.3 Å². The van der Waals surface area contributed by atoms with Crippen LogP contribution in [0, 0.1) is 10.1 Å². The Kier molecular flexibility index (Phi) is 2.84. The minimum Gasteiger partial charge on any atom is -0.258 e. The molecule has 3 rings (SSSR count). The highest BCUT2D eigenvalue weighted by Gasteiger charge is 2.15. The van der Waals surface area contributed by atoms with Crippen molar-refractivity contribution < 1.29 is 4.92 Å². The van der Waals surface area contributed by atoms with E-state index in [-0.39, 0.29) is 10.6 Å². The molecule has 0 spiro atoms. The number of nitro groups is 1. The van der Waals surface area contributed by atoms with Gasteiger partial charge in [-0.2, -0.15) is 5.21 Å². The summed E-state index contributed by atoms with van der Waals surface area (Å²) in [4.78, 5) is 11.5. The van der Waals surface area contributed by atoms with Crippen molar-refractivity contribution in [3.8, 4) is 0 Å². The Morgan fingerprint density at radius 2 is 1.95 bits per heavy atom. The number of non-ortho nitro benzene ring substituents is 1. The Morgan fingerprint density at radius 3 is 2.63 bits per heavy atom. The molecule has 0 aliphatic carbocycles. The SMILES string of the molecule is O=[N+]([O-])c1ccc(Sc2nn[nH]n2)c2ccccc12. The number of nitrogens with zero attached hydrogens (tertiary/aromatic N) is 4. The van der Waals surface area contributed by atoms with Gasteiger partial charge in [-0.05, 0) is 29.1 Å². The first kappa shape index (κ1) is 11.6. The molecular weight excluding hydrogens is 266 g/mol. The first-order valence-electron chi connectivity index (χ1n) is 5.33. The number of H-pyrrole nitrogens is 1. The van der Waals surface area contributed by atoms with Crippen molar-refractivity contribution >= 4 is 28.2 Å². The largest absolute Gasteiger partial charge is 0.277 e. The Bertz CT molecular complexity index is 744. The lowest BCUT2D eigenvalue weighted by molar-refractivity contribution is -0.383. The van der Waals surface area contributed by atoms with Crippen LogP contribution >= 0.6 is 11.8 Å². The van der Waals surface area contributed by atoms with Crippen LogP contribution in [0.1, 0.15) is 0 Å². The number of hydrogen-bond donors (Lipinski definition) is 1. The van der Waals surface area contributed by atoms with Gasteiger partial charge in [-0.1, -0.05) is 18.2 Å². The van der Waals surface area contributed by atoms with Crippen LogP contribution in [-0.2, 0) is 0 Å². The third kappa shape index (κ3) is 2.13. The second-order valence-corrected chi connectivity index (χ2v) is 4.69. The van der Waals surface area contributed by atoms with Crippen LogP contribution in [0.4, 0.5) is 5.69 Å². The van der Waals surface area contributed by atoms with Crippen molar-refractivity contribution in [2.24, 2.45) is 0 Å². The fraction of sp³-hybridized carbons (Fsp3) is 0. The van der Waals surface area contributed by atoms with E-state index in [1.807, 2.05) is 12.1 Å². The van der Waals surface area contributed by atoms with Gasteiger partial charge in [-0.3, -0.25) is 10.1 Å². The molecule has 8 heteroatoms. The summed E-state index contributed by atoms with van der Waals surface area (Å²) in [5.41, 5.74) is 0.0908. The van der Waals surface area contributed by atoms with Gasteiger partial charge in [0.1, 0.15) is 0 Å². The van der Waals surface area contributed by atoms with Crippen molar-refractivity contribution in [1.82, 2.24) is 20.6 Å². The Morgan fingerprint density at radius 1 is 1.16 bits per heavy atom. The van der Waals surface area contributed by atoms with Crippen LogP contribution in [0.3, 0.4) is 0 Å². The molecule has 0 aliphatic heterocycles. The van der Waals surface area contributed by atoms with E-state index < -0.39 is 0 Å². The molecule has 0 fully saturated rings. The normalized spacial score (nSPS) is 10.7. The van der Waals surface area contributed by atoms with Gasteiger partial charge in [0, 0.05) is 16.3 Å². The van der Waals surface area contributed by atoms with E-state index in [0.29, 0.717) is 10.5 Å². The van der Waals surface area contributed by atoms with Crippen molar-refractivity contribution in [2.75, 3.05) is 0 Å². The van der Waals surface area contributed by atoms with Gasteiger partial charge in [-0.15, -0.1) is 10.2 Å². The number of aromatic nitrogens is 4. The third-order valence-corrected chi connectivity index (χ3v) is 3.52. The molecule has 0 aliphatic rings. The lowest BCUT2D eigenvalue weighted by Gasteiger charge is -2.04. The molecule has 94 valence electrons. The highest BCUT2D eigenvalue weighted by molar-refractivity contribution is 7.99. The van der Waals surface area contributed by atoms with Gasteiger partial charge >= 0.3 is 0 Å². The monoisotopic (exact) mass is 273 g/mol. The summed E-state index contributed by atoms with van der Waals surface area (Å²) in [7, 11) is 0. The topological polar surface area (TPSA) is 97.6 Å². The average molecular weight is 273 g/mol. The van der Waals surface area contributed by atoms with Crippen LogP contribution < -0.4 is 0 Å². The molecular formula is C11H7N5O2S. The second-order valence-electron chi connectivity index (χ2n) is 3.68. The van der Waals surface area contributed by atoms with Crippen LogP contribution in [0.15, 0.2) is 46.5 Å². The Labute approximate surface area is 111 Å². The molecule has 1 heterocycles. The Hall–Kier alpha value is -2.48. The molecule has 0 saturated carbocycles. The smallest absolute Gasteiger partial charge is 0.258 e. The molecule has 1 aromatic heterocycles. The van der Waals surface area contributed by atoms with E-state index in [1.54, 1.807) is 18.2 Å². The maximum Gasteiger partial charge on any atom is 0.277 e. The number of tetrazole rings is 1. The minimum atomic E-state index is -0.384. The highest BCUT2D eigenvalue weighted by atomic mass is 32.2. The predicted molar refractivity (Wildman–Crippen MR) is 68.9 cm³/mol. The summed E-state index contributed by atoms with van der Waals surface area (Å²) < 4.78 is 0. The minimum absolute atomic E-state index is 0.0908. The molecule has 19 heavy (non-hydrogen) atoms. The zero-order chi connectivity index (χ0) is 13.2. The molecule has 0 radical (unpaired) electrons. The summed E-state index contributed by atoms with van der Waals surface area (Å²) in [6.45, 7) is 0. The third-order valence-electron chi connectivity index (χ3n) is 2.58. The van der Waals surface area contributed by atoms with Gasteiger partial charge < -0.3 is 0 Å². The molecule has 7 nitrogen and oxygen atoms in total. The zero-order valence-electron chi connectivity index (χ0n) is 9.48. The molecule has 0 saturated heterocycles. The van der Waals surface area contributed by atoms with E-state index in [2.05, 4.69) is 20.6 Å². The van der Waals surface area contributed by atoms with Crippen molar-refractivity contribution in [3.63, 3.8) is 0 Å². The fourth-order valence-corrected chi connectivity index (χ4v) is 2.59. The fourth-order valence-electron chi connectivity index (χ4n) is 1.80. The van der Waals surface area contributed by atoms with Crippen molar-refractivity contribution in [3.05, 3.63) is 46.5 Å². The standard InChI is InChI=1S/C11H7N5O2S/c17-16(18)9-5-6-10(19-11-12-14-15-13-11)8-4-2-1-3-7(8)9/h1-6H,(H,12,13,14,15). The van der Waals surface area contributed by atoms with Gasteiger partial charge in [0.2, 0.25) is 5.16 Å². The molecule has 0 unspecified atom stereocenters. The first-order chi connectivity index (χ1) is 9.25. The average Bonchev–Trinajstić information content (AvgIpc) is 2.91. The van der Waals surface area contributed by atoms with E-state index in [0.717, 1.165) is 10.3 Å². The maximum atomic E-state index is 11.0. The molecule has 3 aromatic rings. The number of rotatable bonds is 3. The maximum absolute atomic E-state index is 11.0. The van der Waals surface area contributed by atoms with E-state index in [1.165, 1.54) is 17.8 Å². The van der Waals surface area contributed by atoms with E-state index >= 15 is 0 Å². The van der Waals surface area contributed by atoms with Gasteiger partial charge in [0.25, 0.3) is 5.69 Å². The summed E-state index contributed by atoms with van der Waals surface area (Å²) in [5, 5.41) is 26.4. The van der Waals surface area contributed by atoms with Gasteiger partial charge in [0.15, 0.2) is 0 Å². The van der Waals surface area contributed by atoms with E-state index in [9.17, 15) is 10.1 Å². The summed E-state index contributed by atoms with van der Waals surface area (Å²) in [5.74, 6) is 0. The number of aromatic amines is 1. The molecule has 2 aromatic carbocycles. The lowest BCUT2D eigenvalue weighted by Crippen LogP contribution is -1.90. The lowest BCUT2D eigenvalue weighted by atomic mass is 10.1. The number of nitrogens with one attached hydrogen (secondary N) is 1. The number of nitro benzene ring substituents is 1. The molecule has 0 atom stereocenters. The number of hydrogen-bond acceptors (Lipinski definition) is 6. The quantitative estimate of drug-likeness (QED) is 0.581. The zero-order valence-corrected chi connectivity index (χ0v) is 10.3. The van der Waals surface area contributed by atoms with Crippen LogP contribution in [0.25, 0.3) is 10.8 Å². The predicted octanol–water partition coefficient (Wildman–Crippen LogP) is 2.41. The van der Waals surface area contributed by atoms with Crippen LogP contribution in [-0.4, -0.2) is 25.5 Å². The van der Waals surface area contributed by atoms with Crippen molar-refractivity contribution in [1.29, 1.82) is 0 Å². The summed E-state index contributed by atoms with van der Waals surface area (Å²) >= 11 is 1.31. The van der Waals surface area contributed by atoms with Crippen molar-refractivity contribution in [2.45, 2.75) is 10.1 Å². The van der Waals surface area contributed by atoms with Crippen LogP contribution in [0.5, 0.6) is 0 Å². The molecule has 1 N–H and O–H groups in total.